The summed E-state index contributed by atoms with van der Waals surface area (Å²) >= 11 is 1.57. The summed E-state index contributed by atoms with van der Waals surface area (Å²) in [4.78, 5) is 15.9. The molecule has 6 nitrogen and oxygen atoms in total. The lowest BCUT2D eigenvalue weighted by Crippen LogP contribution is -2.13. The van der Waals surface area contributed by atoms with Gasteiger partial charge in [-0.05, 0) is 18.4 Å². The van der Waals surface area contributed by atoms with E-state index in [0.717, 1.165) is 21.9 Å². The van der Waals surface area contributed by atoms with Crippen molar-refractivity contribution in [3.8, 4) is 0 Å². The molecule has 0 aliphatic carbocycles. The second-order valence-corrected chi connectivity index (χ2v) is 4.49. The van der Waals surface area contributed by atoms with Crippen LogP contribution in [0.1, 0.15) is 5.69 Å². The first-order valence-corrected chi connectivity index (χ1v) is 6.69. The summed E-state index contributed by atoms with van der Waals surface area (Å²) in [5.41, 5.74) is 5.97. The zero-order chi connectivity index (χ0) is 12.4. The summed E-state index contributed by atoms with van der Waals surface area (Å²) in [6.45, 7) is 0.692. The number of thioether (sulfide) groups is 1. The van der Waals surface area contributed by atoms with E-state index in [2.05, 4.69) is 25.4 Å². The van der Waals surface area contributed by atoms with Gasteiger partial charge in [0.1, 0.15) is 23.2 Å². The Balaban J connectivity index is 1.88. The Bertz CT molecular complexity index is 645. The average molecular weight is 260 g/mol. The fraction of sp³-hybridized carbons (Fsp3) is 0.182. The minimum Gasteiger partial charge on any atom is -0.363 e. The van der Waals surface area contributed by atoms with E-state index in [4.69, 9.17) is 0 Å². The van der Waals surface area contributed by atoms with Gasteiger partial charge in [-0.25, -0.2) is 19.6 Å². The van der Waals surface area contributed by atoms with Gasteiger partial charge in [-0.15, -0.1) is 11.8 Å². The van der Waals surface area contributed by atoms with Gasteiger partial charge in [0.25, 0.3) is 0 Å². The van der Waals surface area contributed by atoms with Crippen LogP contribution < -0.4 is 5.43 Å². The Morgan fingerprint density at radius 3 is 3.11 bits per heavy atom. The zero-order valence-corrected chi connectivity index (χ0v) is 10.6. The van der Waals surface area contributed by atoms with E-state index in [1.165, 1.54) is 0 Å². The molecule has 0 amide bonds. The van der Waals surface area contributed by atoms with E-state index < -0.39 is 0 Å². The highest BCUT2D eigenvalue weighted by Crippen LogP contribution is 2.19. The molecule has 2 N–H and O–H groups in total. The maximum Gasteiger partial charge on any atom is 0.183 e. The van der Waals surface area contributed by atoms with Crippen LogP contribution in [0, 0.1) is 0 Å². The van der Waals surface area contributed by atoms with Crippen molar-refractivity contribution in [1.29, 1.82) is 0 Å². The first kappa shape index (κ1) is 11.1. The summed E-state index contributed by atoms with van der Waals surface area (Å²) in [6.07, 6.45) is 7.16. The van der Waals surface area contributed by atoms with Crippen LogP contribution in [0.15, 0.2) is 36.0 Å². The summed E-state index contributed by atoms with van der Waals surface area (Å²) in [5, 5.41) is 0.889. The van der Waals surface area contributed by atoms with Crippen LogP contribution in [0.3, 0.4) is 0 Å². The third-order valence-electron chi connectivity index (χ3n) is 2.60. The molecule has 3 heterocycles. The number of aromatic nitrogens is 5. The highest BCUT2D eigenvalue weighted by Gasteiger charge is 2.08. The molecule has 0 radical (unpaired) electrons. The zero-order valence-electron chi connectivity index (χ0n) is 9.79. The number of hydrogen-bond donors (Lipinski definition) is 2. The summed E-state index contributed by atoms with van der Waals surface area (Å²) in [5.74, 6) is 0. The van der Waals surface area contributed by atoms with Crippen molar-refractivity contribution in [2.75, 3.05) is 11.7 Å². The van der Waals surface area contributed by atoms with Gasteiger partial charge in [0, 0.05) is 11.9 Å². The van der Waals surface area contributed by atoms with E-state index >= 15 is 0 Å². The van der Waals surface area contributed by atoms with Crippen LogP contribution in [0.2, 0.25) is 0 Å². The third kappa shape index (κ3) is 1.92. The van der Waals surface area contributed by atoms with E-state index in [9.17, 15) is 0 Å². The smallest absolute Gasteiger partial charge is 0.183 e. The Kier molecular flexibility index (Phi) is 2.89. The monoisotopic (exact) mass is 260 g/mol. The maximum atomic E-state index is 4.33. The predicted molar refractivity (Wildman–Crippen MR) is 71.0 cm³/mol. The molecule has 0 bridgehead atoms. The number of nitrogens with zero attached hydrogens (tertiary/aromatic N) is 4. The van der Waals surface area contributed by atoms with Crippen LogP contribution in [0.25, 0.3) is 11.2 Å². The fourth-order valence-corrected chi connectivity index (χ4v) is 2.22. The number of aromatic amines is 1. The normalized spacial score (nSPS) is 10.9. The lowest BCUT2D eigenvalue weighted by molar-refractivity contribution is 0.837. The lowest BCUT2D eigenvalue weighted by atomic mass is 10.4. The molecule has 0 saturated heterocycles. The molecule has 3 rings (SSSR count). The Morgan fingerprint density at radius 1 is 1.39 bits per heavy atom. The molecule has 7 heteroatoms. The summed E-state index contributed by atoms with van der Waals surface area (Å²) in [7, 11) is 0. The minimum atomic E-state index is 0.692. The Morgan fingerprint density at radius 2 is 2.33 bits per heavy atom. The molecule has 3 aromatic rings. The van der Waals surface area contributed by atoms with Crippen molar-refractivity contribution >= 4 is 22.9 Å². The topological polar surface area (TPSA) is 71.4 Å². The first-order chi connectivity index (χ1) is 8.88. The van der Waals surface area contributed by atoms with E-state index in [0.29, 0.717) is 6.54 Å². The fourth-order valence-electron chi connectivity index (χ4n) is 1.73. The molecule has 0 aliphatic rings. The molecular weight excluding hydrogens is 248 g/mol. The number of imidazole rings is 1. The van der Waals surface area contributed by atoms with Crippen LogP contribution in [-0.2, 0) is 6.54 Å². The van der Waals surface area contributed by atoms with Gasteiger partial charge in [0.05, 0.1) is 6.54 Å². The highest BCUT2D eigenvalue weighted by molar-refractivity contribution is 7.98. The standard InChI is InChI=1S/C11H12N6S/c1-18-11-9-10(13-6-14-11)17(7-15-9)16-5-8-3-2-4-12-8/h2-4,6-7,12,16H,5H2,1H3. The highest BCUT2D eigenvalue weighted by atomic mass is 32.2. The molecule has 0 aliphatic heterocycles. The van der Waals surface area contributed by atoms with Gasteiger partial charge in [-0.3, -0.25) is 0 Å². The van der Waals surface area contributed by atoms with Gasteiger partial charge in [-0.2, -0.15) is 0 Å². The Hall–Kier alpha value is -2.02. The summed E-state index contributed by atoms with van der Waals surface area (Å²) < 4.78 is 1.82. The van der Waals surface area contributed by atoms with Crippen LogP contribution >= 0.6 is 11.8 Å². The van der Waals surface area contributed by atoms with Crippen LogP contribution in [0.4, 0.5) is 0 Å². The molecule has 92 valence electrons. The van der Waals surface area contributed by atoms with E-state index in [1.54, 1.807) is 24.4 Å². The molecule has 3 aromatic heterocycles. The van der Waals surface area contributed by atoms with Crippen molar-refractivity contribution in [3.63, 3.8) is 0 Å². The SMILES string of the molecule is CSc1ncnc2c1ncn2NCc1ccc[nH]1. The van der Waals surface area contributed by atoms with Gasteiger partial charge in [0.2, 0.25) is 0 Å². The van der Waals surface area contributed by atoms with Gasteiger partial charge >= 0.3 is 0 Å². The van der Waals surface area contributed by atoms with Crippen LogP contribution in [0.5, 0.6) is 0 Å². The number of nitrogens with one attached hydrogen (secondary N) is 2. The van der Waals surface area contributed by atoms with Crippen LogP contribution in [-0.4, -0.2) is 30.9 Å². The van der Waals surface area contributed by atoms with E-state index in [1.807, 2.05) is 29.3 Å². The first-order valence-electron chi connectivity index (χ1n) is 5.46. The molecule has 0 unspecified atom stereocenters. The molecule has 18 heavy (non-hydrogen) atoms. The molecule has 0 spiro atoms. The largest absolute Gasteiger partial charge is 0.363 e. The Labute approximate surface area is 108 Å². The lowest BCUT2D eigenvalue weighted by Gasteiger charge is -2.06. The second-order valence-electron chi connectivity index (χ2n) is 3.70. The maximum absolute atomic E-state index is 4.33. The number of rotatable bonds is 4. The van der Waals surface area contributed by atoms with E-state index in [-0.39, 0.29) is 0 Å². The quantitative estimate of drug-likeness (QED) is 0.551. The molecule has 0 fully saturated rings. The van der Waals surface area contributed by atoms with Gasteiger partial charge in [-0.1, -0.05) is 0 Å². The van der Waals surface area contributed by atoms with Crippen molar-refractivity contribution in [1.82, 2.24) is 24.6 Å². The number of H-pyrrole nitrogens is 1. The molecule has 0 saturated carbocycles. The molecule has 0 atom stereocenters. The molecular formula is C11H12N6S. The van der Waals surface area contributed by atoms with Crippen molar-refractivity contribution < 1.29 is 0 Å². The minimum absolute atomic E-state index is 0.692. The number of fused-ring (bicyclic) bond motifs is 1. The third-order valence-corrected chi connectivity index (χ3v) is 3.28. The number of hydrogen-bond acceptors (Lipinski definition) is 5. The van der Waals surface area contributed by atoms with Gasteiger partial charge in [0.15, 0.2) is 5.65 Å². The second kappa shape index (κ2) is 4.69. The summed E-state index contributed by atoms with van der Waals surface area (Å²) in [6, 6.07) is 3.99. The van der Waals surface area contributed by atoms with Crippen molar-refractivity contribution in [2.24, 2.45) is 0 Å². The molecule has 0 aromatic carbocycles. The predicted octanol–water partition coefficient (Wildman–Crippen LogP) is 1.62. The van der Waals surface area contributed by atoms with Crippen molar-refractivity contribution in [3.05, 3.63) is 36.7 Å². The van der Waals surface area contributed by atoms with Crippen molar-refractivity contribution in [2.45, 2.75) is 11.6 Å². The van der Waals surface area contributed by atoms with Gasteiger partial charge < -0.3 is 10.4 Å². The average Bonchev–Trinajstić information content (AvgIpc) is 3.05.